The monoisotopic (exact) mass is 524 g/mol. The van der Waals surface area contributed by atoms with Gasteiger partial charge in [-0.15, -0.1) is 0 Å². The lowest BCUT2D eigenvalue weighted by molar-refractivity contribution is -0.144. The van der Waals surface area contributed by atoms with Crippen molar-refractivity contribution in [3.05, 3.63) is 70.4 Å². The predicted molar refractivity (Wildman–Crippen MR) is 98.9 cm³/mol. The Morgan fingerprint density at radius 2 is 0.857 bits per heavy atom. The first-order chi connectivity index (χ1) is 15.7. The van der Waals surface area contributed by atoms with E-state index in [-0.39, 0.29) is 30.0 Å². The average molecular weight is 524 g/mol. The quantitative estimate of drug-likeness (QED) is 0.318. The van der Waals surface area contributed by atoms with Crippen LogP contribution in [0.25, 0.3) is 0 Å². The average Bonchev–Trinajstić information content (AvgIpc) is 2.64. The van der Waals surface area contributed by atoms with Gasteiger partial charge in [0.15, 0.2) is 0 Å². The summed E-state index contributed by atoms with van der Waals surface area (Å²) < 4.78 is 155. The first kappa shape index (κ1) is 27.9. The lowest BCUT2D eigenvalue weighted by Gasteiger charge is -2.16. The van der Waals surface area contributed by atoms with Gasteiger partial charge in [0.2, 0.25) is 5.91 Å². The Bertz CT molecular complexity index is 1060. The van der Waals surface area contributed by atoms with Crippen LogP contribution < -0.4 is 10.6 Å². The number of amides is 1. The molecule has 0 bridgehead atoms. The van der Waals surface area contributed by atoms with Gasteiger partial charge >= 0.3 is 24.7 Å². The van der Waals surface area contributed by atoms with Gasteiger partial charge in [-0.05, 0) is 43.3 Å². The molecule has 35 heavy (non-hydrogen) atoms. The van der Waals surface area contributed by atoms with Gasteiger partial charge in [0.25, 0.3) is 0 Å². The highest BCUT2D eigenvalue weighted by Crippen LogP contribution is 2.39. The summed E-state index contributed by atoms with van der Waals surface area (Å²) in [6.45, 7) is 1.01. The van der Waals surface area contributed by atoms with E-state index in [4.69, 9.17) is 0 Å². The van der Waals surface area contributed by atoms with Gasteiger partial charge in [0.05, 0.1) is 22.3 Å². The molecule has 2 N–H and O–H groups in total. The number of alkyl halides is 12. The summed E-state index contributed by atoms with van der Waals surface area (Å²) in [4.78, 5) is 12.0. The molecule has 2 rings (SSSR count). The molecule has 0 fully saturated rings. The molecule has 1 amide bonds. The minimum Gasteiger partial charge on any atom is -0.359 e. The highest BCUT2D eigenvalue weighted by molar-refractivity contribution is 6.00. The Labute approximate surface area is 188 Å². The van der Waals surface area contributed by atoms with Crippen molar-refractivity contribution in [3.63, 3.8) is 0 Å². The number of benzene rings is 2. The zero-order valence-corrected chi connectivity index (χ0v) is 17.0. The smallest absolute Gasteiger partial charge is 0.359 e. The second-order valence-corrected chi connectivity index (χ2v) is 7.03. The van der Waals surface area contributed by atoms with Crippen molar-refractivity contribution in [2.45, 2.75) is 31.6 Å². The molecule has 0 aromatic heterocycles. The van der Waals surface area contributed by atoms with Gasteiger partial charge < -0.3 is 10.6 Å². The van der Waals surface area contributed by atoms with E-state index in [0.29, 0.717) is 18.2 Å². The number of rotatable bonds is 4. The summed E-state index contributed by atoms with van der Waals surface area (Å²) in [5.74, 6) is -1.31. The highest BCUT2D eigenvalue weighted by Gasteiger charge is 2.38. The van der Waals surface area contributed by atoms with Crippen LogP contribution in [0.5, 0.6) is 0 Å². The maximum Gasteiger partial charge on any atom is 0.416 e. The standard InChI is InChI=1S/C20H12F12N2O/c1-9(33-14-5-10(17(21,22)23)3-11(6-14)18(24,25)26)2-16(35)34-15-7-12(19(27,28)29)4-13(8-15)20(30,31)32/h2-8,33H,1H3,(H,34,35). The third kappa shape index (κ3) is 7.82. The second kappa shape index (κ2) is 9.34. The summed E-state index contributed by atoms with van der Waals surface area (Å²) >= 11 is 0. The zero-order valence-electron chi connectivity index (χ0n) is 17.0. The number of nitrogens with one attached hydrogen (secondary N) is 2. The van der Waals surface area contributed by atoms with Crippen molar-refractivity contribution in [1.82, 2.24) is 0 Å². The number of carbonyl (C=O) groups excluding carboxylic acids is 1. The molecule has 0 aliphatic heterocycles. The summed E-state index contributed by atoms with van der Waals surface area (Å²) in [7, 11) is 0. The maximum absolute atomic E-state index is 12.9. The van der Waals surface area contributed by atoms with E-state index in [1.807, 2.05) is 0 Å². The van der Waals surface area contributed by atoms with Crippen molar-refractivity contribution in [3.8, 4) is 0 Å². The van der Waals surface area contributed by atoms with Gasteiger partial charge in [-0.2, -0.15) is 52.7 Å². The topological polar surface area (TPSA) is 41.1 Å². The molecule has 15 heteroatoms. The first-order valence-corrected chi connectivity index (χ1v) is 9.01. The van der Waals surface area contributed by atoms with Gasteiger partial charge in [-0.25, -0.2) is 0 Å². The molecule has 0 saturated heterocycles. The number of halogens is 12. The Kier molecular flexibility index (Phi) is 7.43. The van der Waals surface area contributed by atoms with Crippen LogP contribution >= 0.6 is 0 Å². The molecule has 2 aromatic carbocycles. The fraction of sp³-hybridized carbons (Fsp3) is 0.250. The van der Waals surface area contributed by atoms with Gasteiger partial charge in [-0.1, -0.05) is 0 Å². The molecule has 0 heterocycles. The van der Waals surface area contributed by atoms with Crippen LogP contribution in [0.2, 0.25) is 0 Å². The number of hydrogen-bond acceptors (Lipinski definition) is 2. The fourth-order valence-electron chi connectivity index (χ4n) is 2.69. The molecule has 0 aliphatic carbocycles. The second-order valence-electron chi connectivity index (χ2n) is 7.03. The van der Waals surface area contributed by atoms with E-state index in [1.165, 1.54) is 0 Å². The van der Waals surface area contributed by atoms with Crippen molar-refractivity contribution >= 4 is 17.3 Å². The molecule has 0 radical (unpaired) electrons. The van der Waals surface area contributed by atoms with Crippen LogP contribution in [0.3, 0.4) is 0 Å². The van der Waals surface area contributed by atoms with Crippen LogP contribution in [0.1, 0.15) is 29.2 Å². The van der Waals surface area contributed by atoms with Crippen LogP contribution in [-0.2, 0) is 29.5 Å². The number of carbonyl (C=O) groups is 1. The van der Waals surface area contributed by atoms with Crippen LogP contribution in [0, 0.1) is 0 Å². The first-order valence-electron chi connectivity index (χ1n) is 9.01. The summed E-state index contributed by atoms with van der Waals surface area (Å²) in [5, 5.41) is 3.83. The minimum atomic E-state index is -5.19. The summed E-state index contributed by atoms with van der Waals surface area (Å²) in [5.41, 5.74) is -8.76. The molecule has 0 saturated carbocycles. The molecule has 3 nitrogen and oxygen atoms in total. The lowest BCUT2D eigenvalue weighted by atomic mass is 10.1. The molecule has 2 aromatic rings. The Morgan fingerprint density at radius 3 is 1.14 bits per heavy atom. The molecule has 0 unspecified atom stereocenters. The highest BCUT2D eigenvalue weighted by atomic mass is 19.4. The third-order valence-corrected chi connectivity index (χ3v) is 4.13. The van der Waals surface area contributed by atoms with E-state index in [0.717, 1.165) is 6.92 Å². The van der Waals surface area contributed by atoms with E-state index >= 15 is 0 Å². The SMILES string of the molecule is CC(=CC(=O)Nc1cc(C(F)(F)F)cc(C(F)(F)F)c1)Nc1cc(C(F)(F)F)cc(C(F)(F)F)c1. The van der Waals surface area contributed by atoms with Crippen LogP contribution in [0.15, 0.2) is 48.2 Å². The van der Waals surface area contributed by atoms with Crippen LogP contribution in [-0.4, -0.2) is 5.91 Å². The van der Waals surface area contributed by atoms with Crippen molar-refractivity contribution in [1.29, 1.82) is 0 Å². The number of allylic oxidation sites excluding steroid dienone is 1. The van der Waals surface area contributed by atoms with Crippen molar-refractivity contribution in [2.75, 3.05) is 10.6 Å². The van der Waals surface area contributed by atoms with Crippen molar-refractivity contribution in [2.24, 2.45) is 0 Å². The summed E-state index contributed by atoms with van der Waals surface area (Å²) in [6.07, 6.45) is -20.2. The molecular weight excluding hydrogens is 512 g/mol. The molecular formula is C20H12F12N2O. The predicted octanol–water partition coefficient (Wildman–Crippen LogP) is 7.72. The lowest BCUT2D eigenvalue weighted by Crippen LogP contribution is -2.15. The normalized spacial score (nSPS) is 13.6. The summed E-state index contributed by atoms with van der Waals surface area (Å²) in [6, 6.07) is 0.741. The molecule has 0 atom stereocenters. The van der Waals surface area contributed by atoms with E-state index in [2.05, 4.69) is 5.32 Å². The largest absolute Gasteiger partial charge is 0.416 e. The Morgan fingerprint density at radius 1 is 0.571 bits per heavy atom. The Balaban J connectivity index is 2.33. The maximum atomic E-state index is 12.9. The molecule has 192 valence electrons. The number of anilines is 2. The fourth-order valence-corrected chi connectivity index (χ4v) is 2.69. The minimum absolute atomic E-state index is 0.136. The molecule has 0 aliphatic rings. The van der Waals surface area contributed by atoms with E-state index in [1.54, 1.807) is 5.32 Å². The van der Waals surface area contributed by atoms with Gasteiger partial charge in [0, 0.05) is 23.1 Å². The third-order valence-electron chi connectivity index (χ3n) is 4.13. The van der Waals surface area contributed by atoms with E-state index < -0.39 is 64.2 Å². The van der Waals surface area contributed by atoms with Crippen LogP contribution in [0.4, 0.5) is 64.1 Å². The number of hydrogen-bond donors (Lipinski definition) is 2. The molecule has 0 spiro atoms. The van der Waals surface area contributed by atoms with Gasteiger partial charge in [0.1, 0.15) is 0 Å². The Hall–Kier alpha value is -3.39. The van der Waals surface area contributed by atoms with Crippen molar-refractivity contribution < 1.29 is 57.5 Å². The van der Waals surface area contributed by atoms with Gasteiger partial charge in [-0.3, -0.25) is 4.79 Å². The van der Waals surface area contributed by atoms with E-state index in [9.17, 15) is 57.5 Å². The zero-order chi connectivity index (χ0) is 27.0.